The zero-order valence-electron chi connectivity index (χ0n) is 14.5. The van der Waals surface area contributed by atoms with E-state index in [0.29, 0.717) is 24.2 Å². The largest absolute Gasteiger partial charge is 0.384 e. The summed E-state index contributed by atoms with van der Waals surface area (Å²) >= 11 is 7.12. The topological polar surface area (TPSA) is 108 Å². The van der Waals surface area contributed by atoms with E-state index in [4.69, 9.17) is 11.6 Å². The second-order valence-corrected chi connectivity index (χ2v) is 8.65. The van der Waals surface area contributed by atoms with Crippen LogP contribution in [-0.4, -0.2) is 24.4 Å². The molecule has 0 atom stereocenters. The van der Waals surface area contributed by atoms with Gasteiger partial charge in [-0.25, -0.2) is 13.4 Å². The number of benzene rings is 1. The number of hydrogen-bond donors (Lipinski definition) is 3. The molecule has 0 aliphatic carbocycles. The van der Waals surface area contributed by atoms with E-state index in [2.05, 4.69) is 15.0 Å². The minimum Gasteiger partial charge on any atom is -0.384 e. The van der Waals surface area contributed by atoms with E-state index in [1.807, 2.05) is 13.8 Å². The highest BCUT2D eigenvalue weighted by Gasteiger charge is 2.28. The van der Waals surface area contributed by atoms with Gasteiger partial charge < -0.3 is 10.4 Å². The number of sulfonamides is 1. The Bertz CT molecular complexity index is 908. The first kappa shape index (κ1) is 20.6. The van der Waals surface area contributed by atoms with Gasteiger partial charge in [0.05, 0.1) is 21.3 Å². The maximum Gasteiger partial charge on any atom is 0.263 e. The zero-order chi connectivity index (χ0) is 19.5. The number of aliphatic hydroxyl groups is 1. The number of rotatable bonds is 7. The fraction of sp³-hybridized carbons (Fsp3) is 0.375. The minimum absolute atomic E-state index is 0.0606. The predicted molar refractivity (Wildman–Crippen MR) is 103 cm³/mol. The first-order valence-corrected chi connectivity index (χ1v) is 10.6. The molecule has 2 rings (SSSR count). The van der Waals surface area contributed by atoms with E-state index in [1.165, 1.54) is 25.1 Å². The Kier molecular flexibility index (Phi) is 6.28. The Hall–Kier alpha value is -1.68. The molecule has 7 nitrogen and oxygen atoms in total. The predicted octanol–water partition coefficient (Wildman–Crippen LogP) is 3.56. The fourth-order valence-electron chi connectivity index (χ4n) is 2.27. The second kappa shape index (κ2) is 7.91. The van der Waals surface area contributed by atoms with Gasteiger partial charge in [0, 0.05) is 12.3 Å². The van der Waals surface area contributed by atoms with Gasteiger partial charge in [0.2, 0.25) is 5.91 Å². The summed E-state index contributed by atoms with van der Waals surface area (Å²) in [5.74, 6) is -0.310. The molecule has 1 heterocycles. The van der Waals surface area contributed by atoms with E-state index >= 15 is 0 Å². The summed E-state index contributed by atoms with van der Waals surface area (Å²) in [6.45, 7) is 5.01. The van der Waals surface area contributed by atoms with Gasteiger partial charge in [-0.15, -0.1) is 11.3 Å². The minimum atomic E-state index is -3.91. The number of hydrogen-bond acceptors (Lipinski definition) is 6. The van der Waals surface area contributed by atoms with Gasteiger partial charge in [-0.3, -0.25) is 9.52 Å². The molecule has 1 aromatic heterocycles. The van der Waals surface area contributed by atoms with Gasteiger partial charge in [0.25, 0.3) is 10.0 Å². The van der Waals surface area contributed by atoms with Crippen LogP contribution < -0.4 is 10.0 Å². The molecule has 0 saturated carbocycles. The van der Waals surface area contributed by atoms with E-state index in [0.717, 1.165) is 11.3 Å². The van der Waals surface area contributed by atoms with Crippen LogP contribution in [0.3, 0.4) is 0 Å². The Morgan fingerprint density at radius 2 is 2.00 bits per heavy atom. The lowest BCUT2D eigenvalue weighted by Gasteiger charge is -2.22. The first-order valence-electron chi connectivity index (χ1n) is 7.89. The molecule has 142 valence electrons. The van der Waals surface area contributed by atoms with Crippen molar-refractivity contribution in [2.45, 2.75) is 44.1 Å². The Labute approximate surface area is 161 Å². The van der Waals surface area contributed by atoms with Crippen LogP contribution in [0.1, 0.15) is 39.3 Å². The molecule has 2 aromatic rings. The number of nitrogens with zero attached hydrogens (tertiary/aromatic N) is 1. The van der Waals surface area contributed by atoms with Gasteiger partial charge in [-0.1, -0.05) is 25.4 Å². The van der Waals surface area contributed by atoms with E-state index in [1.54, 1.807) is 5.38 Å². The van der Waals surface area contributed by atoms with Crippen LogP contribution in [-0.2, 0) is 20.4 Å². The highest BCUT2D eigenvalue weighted by Crippen LogP contribution is 2.32. The fourth-order valence-corrected chi connectivity index (χ4v) is 4.65. The molecule has 0 aliphatic rings. The van der Waals surface area contributed by atoms with Gasteiger partial charge >= 0.3 is 0 Å². The number of amides is 1. The highest BCUT2D eigenvalue weighted by atomic mass is 35.5. The smallest absolute Gasteiger partial charge is 0.263 e. The molecule has 10 heteroatoms. The molecule has 26 heavy (non-hydrogen) atoms. The lowest BCUT2D eigenvalue weighted by molar-refractivity contribution is -0.114. The van der Waals surface area contributed by atoms with Crippen LogP contribution in [0.2, 0.25) is 5.02 Å². The van der Waals surface area contributed by atoms with Crippen molar-refractivity contribution in [1.82, 2.24) is 4.98 Å². The molecular weight excluding hydrogens is 398 g/mol. The Morgan fingerprint density at radius 3 is 2.54 bits per heavy atom. The van der Waals surface area contributed by atoms with Crippen molar-refractivity contribution in [1.29, 1.82) is 0 Å². The maximum atomic E-state index is 12.5. The van der Waals surface area contributed by atoms with E-state index < -0.39 is 15.6 Å². The first-order chi connectivity index (χ1) is 12.1. The molecule has 0 bridgehead atoms. The molecule has 0 saturated heterocycles. The zero-order valence-corrected chi connectivity index (χ0v) is 16.9. The molecule has 1 amide bonds. The van der Waals surface area contributed by atoms with Crippen LogP contribution in [0.5, 0.6) is 0 Å². The summed E-state index contributed by atoms with van der Waals surface area (Å²) in [5, 5.41) is 14.9. The van der Waals surface area contributed by atoms with Crippen molar-refractivity contribution in [2.24, 2.45) is 0 Å². The number of halogens is 1. The molecule has 0 aliphatic heterocycles. The third-order valence-electron chi connectivity index (χ3n) is 3.93. The molecule has 0 spiro atoms. The SMILES string of the molecule is CCC(O)(CC)c1csc(NS(=O)(=O)c2ccc(NC(C)=O)c(Cl)c2)n1. The molecule has 3 N–H and O–H groups in total. The Morgan fingerprint density at radius 1 is 1.35 bits per heavy atom. The monoisotopic (exact) mass is 417 g/mol. The van der Waals surface area contributed by atoms with Crippen LogP contribution in [0, 0.1) is 0 Å². The Balaban J connectivity index is 2.25. The normalized spacial score (nSPS) is 12.0. The van der Waals surface area contributed by atoms with Crippen molar-refractivity contribution in [2.75, 3.05) is 10.0 Å². The number of nitrogens with one attached hydrogen (secondary N) is 2. The third-order valence-corrected chi connectivity index (χ3v) is 6.47. The van der Waals surface area contributed by atoms with Crippen molar-refractivity contribution >= 4 is 49.7 Å². The second-order valence-electron chi connectivity index (χ2n) is 5.70. The average molecular weight is 418 g/mol. The number of carbonyl (C=O) groups excluding carboxylic acids is 1. The highest BCUT2D eigenvalue weighted by molar-refractivity contribution is 7.93. The number of aromatic nitrogens is 1. The molecular formula is C16H20ClN3O4S2. The van der Waals surface area contributed by atoms with Gasteiger partial charge in [0.15, 0.2) is 5.13 Å². The van der Waals surface area contributed by atoms with E-state index in [-0.39, 0.29) is 21.0 Å². The third kappa shape index (κ3) is 4.53. The standard InChI is InChI=1S/C16H20ClN3O4S2/c1-4-16(22,5-2)14-9-25-15(19-14)20-26(23,24)11-6-7-13(12(17)8-11)18-10(3)21/h6-9,22H,4-5H2,1-3H3,(H,18,21)(H,19,20). The van der Waals surface area contributed by atoms with Crippen LogP contribution in [0.25, 0.3) is 0 Å². The number of thiazole rings is 1. The summed E-state index contributed by atoms with van der Waals surface area (Å²) < 4.78 is 27.5. The van der Waals surface area contributed by atoms with Gasteiger partial charge in [0.1, 0.15) is 5.60 Å². The lowest BCUT2D eigenvalue weighted by atomic mass is 9.94. The van der Waals surface area contributed by atoms with Crippen molar-refractivity contribution in [3.05, 3.63) is 34.3 Å². The molecule has 0 unspecified atom stereocenters. The van der Waals surface area contributed by atoms with Crippen molar-refractivity contribution in [3.63, 3.8) is 0 Å². The lowest BCUT2D eigenvalue weighted by Crippen LogP contribution is -2.24. The molecule has 0 radical (unpaired) electrons. The quantitative estimate of drug-likeness (QED) is 0.638. The van der Waals surface area contributed by atoms with Crippen molar-refractivity contribution in [3.8, 4) is 0 Å². The van der Waals surface area contributed by atoms with Crippen LogP contribution >= 0.6 is 22.9 Å². The summed E-state index contributed by atoms with van der Waals surface area (Å²) in [7, 11) is -3.91. The van der Waals surface area contributed by atoms with Crippen molar-refractivity contribution < 1.29 is 18.3 Å². The summed E-state index contributed by atoms with van der Waals surface area (Å²) in [6, 6.07) is 4.00. The summed E-state index contributed by atoms with van der Waals surface area (Å²) in [6.07, 6.45) is 0.944. The van der Waals surface area contributed by atoms with Gasteiger partial charge in [-0.05, 0) is 31.0 Å². The maximum absolute atomic E-state index is 12.5. The van der Waals surface area contributed by atoms with E-state index in [9.17, 15) is 18.3 Å². The average Bonchev–Trinajstić information content (AvgIpc) is 3.03. The molecule has 1 aromatic carbocycles. The number of carbonyl (C=O) groups is 1. The summed E-state index contributed by atoms with van der Waals surface area (Å²) in [4.78, 5) is 15.2. The van der Waals surface area contributed by atoms with Crippen LogP contribution in [0.15, 0.2) is 28.5 Å². The number of anilines is 2. The van der Waals surface area contributed by atoms with Gasteiger partial charge in [-0.2, -0.15) is 0 Å². The van der Waals surface area contributed by atoms with Crippen LogP contribution in [0.4, 0.5) is 10.8 Å². The molecule has 0 fully saturated rings. The summed E-state index contributed by atoms with van der Waals surface area (Å²) in [5.41, 5.74) is -0.321.